The van der Waals surface area contributed by atoms with Crippen molar-refractivity contribution in [3.8, 4) is 0 Å². The lowest BCUT2D eigenvalue weighted by atomic mass is 10.2. The van der Waals surface area contributed by atoms with Gasteiger partial charge in [0.05, 0.1) is 4.47 Å². The molecule has 1 nitrogen and oxygen atoms in total. The normalized spacial score (nSPS) is 10.7. The molecule has 19 heavy (non-hydrogen) atoms. The number of rotatable bonds is 3. The van der Waals surface area contributed by atoms with Crippen LogP contribution in [0.15, 0.2) is 39.7 Å². The van der Waals surface area contributed by atoms with Gasteiger partial charge in [-0.15, -0.1) is 11.8 Å². The fourth-order valence-electron chi connectivity index (χ4n) is 1.64. The molecule has 2 rings (SSSR count). The molecule has 0 amide bonds. The van der Waals surface area contributed by atoms with E-state index in [1.165, 1.54) is 23.9 Å². The third-order valence-electron chi connectivity index (χ3n) is 2.84. The van der Waals surface area contributed by atoms with Crippen LogP contribution < -0.4 is 5.73 Å². The third kappa shape index (κ3) is 3.09. The van der Waals surface area contributed by atoms with Crippen LogP contribution in [0.5, 0.6) is 0 Å². The molecular formula is C14H12BrF2NS. The molecule has 0 unspecified atom stereocenters. The van der Waals surface area contributed by atoms with Crippen LogP contribution in [-0.4, -0.2) is 0 Å². The molecule has 0 aliphatic heterocycles. The zero-order valence-corrected chi connectivity index (χ0v) is 12.6. The molecule has 0 aromatic heterocycles. The van der Waals surface area contributed by atoms with E-state index >= 15 is 0 Å². The molecule has 0 aliphatic carbocycles. The largest absolute Gasteiger partial charge is 0.398 e. The summed E-state index contributed by atoms with van der Waals surface area (Å²) in [6.45, 7) is 1.89. The highest BCUT2D eigenvalue weighted by Crippen LogP contribution is 2.32. The van der Waals surface area contributed by atoms with Crippen molar-refractivity contribution in [3.63, 3.8) is 0 Å². The summed E-state index contributed by atoms with van der Waals surface area (Å²) < 4.78 is 27.7. The summed E-state index contributed by atoms with van der Waals surface area (Å²) in [4.78, 5) is 0.929. The van der Waals surface area contributed by atoms with E-state index in [2.05, 4.69) is 15.9 Å². The van der Waals surface area contributed by atoms with Crippen molar-refractivity contribution in [2.24, 2.45) is 0 Å². The first-order chi connectivity index (χ1) is 9.00. The number of thioether (sulfide) groups is 1. The predicted octanol–water partition coefficient (Wildman–Crippen LogP) is 4.91. The lowest BCUT2D eigenvalue weighted by Gasteiger charge is -2.09. The average molecular weight is 344 g/mol. The smallest absolute Gasteiger partial charge is 0.144 e. The summed E-state index contributed by atoms with van der Waals surface area (Å²) in [5.74, 6) is -0.856. The Kier molecular flexibility index (Phi) is 4.47. The zero-order chi connectivity index (χ0) is 14.0. The Labute approximate surface area is 123 Å². The minimum absolute atomic E-state index is 0.0706. The minimum Gasteiger partial charge on any atom is -0.398 e. The van der Waals surface area contributed by atoms with Crippen molar-refractivity contribution in [2.45, 2.75) is 17.6 Å². The van der Waals surface area contributed by atoms with Gasteiger partial charge >= 0.3 is 0 Å². The molecule has 0 bridgehead atoms. The third-order valence-corrected chi connectivity index (χ3v) is 4.64. The first-order valence-corrected chi connectivity index (χ1v) is 7.39. The summed E-state index contributed by atoms with van der Waals surface area (Å²) in [5, 5.41) is 0. The van der Waals surface area contributed by atoms with Crippen LogP contribution in [0.1, 0.15) is 11.1 Å². The van der Waals surface area contributed by atoms with Gasteiger partial charge in [-0.2, -0.15) is 0 Å². The highest BCUT2D eigenvalue weighted by atomic mass is 79.9. The van der Waals surface area contributed by atoms with Crippen molar-refractivity contribution in [2.75, 3.05) is 5.73 Å². The summed E-state index contributed by atoms with van der Waals surface area (Å²) in [5.41, 5.74) is 7.49. The van der Waals surface area contributed by atoms with Crippen LogP contribution in [0, 0.1) is 18.6 Å². The molecule has 0 aliphatic rings. The second-order valence-electron chi connectivity index (χ2n) is 4.08. The van der Waals surface area contributed by atoms with Crippen molar-refractivity contribution in [1.29, 1.82) is 0 Å². The van der Waals surface area contributed by atoms with E-state index in [4.69, 9.17) is 5.73 Å². The lowest BCUT2D eigenvalue weighted by molar-refractivity contribution is 0.562. The molecule has 0 spiro atoms. The first-order valence-electron chi connectivity index (χ1n) is 5.61. The first kappa shape index (κ1) is 14.3. The van der Waals surface area contributed by atoms with Gasteiger partial charge in [0.2, 0.25) is 0 Å². The lowest BCUT2D eigenvalue weighted by Crippen LogP contribution is -1.96. The number of nitrogen functional groups attached to an aromatic ring is 1. The molecule has 0 atom stereocenters. The van der Waals surface area contributed by atoms with Gasteiger partial charge in [0, 0.05) is 21.9 Å². The van der Waals surface area contributed by atoms with Crippen molar-refractivity contribution < 1.29 is 8.78 Å². The Morgan fingerprint density at radius 3 is 2.68 bits per heavy atom. The highest BCUT2D eigenvalue weighted by Gasteiger charge is 2.13. The fraction of sp³-hybridized carbons (Fsp3) is 0.143. The summed E-state index contributed by atoms with van der Waals surface area (Å²) in [7, 11) is 0. The van der Waals surface area contributed by atoms with E-state index in [0.717, 1.165) is 10.5 Å². The van der Waals surface area contributed by atoms with Gasteiger partial charge in [-0.25, -0.2) is 8.78 Å². The maximum Gasteiger partial charge on any atom is 0.144 e. The number of halogens is 3. The van der Waals surface area contributed by atoms with E-state index in [-0.39, 0.29) is 15.8 Å². The van der Waals surface area contributed by atoms with Crippen molar-refractivity contribution >= 4 is 33.4 Å². The van der Waals surface area contributed by atoms with E-state index in [0.29, 0.717) is 5.69 Å². The summed E-state index contributed by atoms with van der Waals surface area (Å²) in [6, 6.07) is 8.15. The van der Waals surface area contributed by atoms with Gasteiger partial charge in [-0.05, 0) is 52.7 Å². The number of hydrogen-bond donors (Lipinski definition) is 1. The van der Waals surface area contributed by atoms with Crippen LogP contribution in [0.25, 0.3) is 0 Å². The van der Waals surface area contributed by atoms with Gasteiger partial charge in [-0.3, -0.25) is 0 Å². The van der Waals surface area contributed by atoms with Crippen LogP contribution in [0.4, 0.5) is 14.5 Å². The number of hydrogen-bond acceptors (Lipinski definition) is 2. The van der Waals surface area contributed by atoms with Gasteiger partial charge in [0.15, 0.2) is 0 Å². The molecule has 2 aromatic carbocycles. The van der Waals surface area contributed by atoms with Crippen LogP contribution in [0.2, 0.25) is 0 Å². The molecule has 0 heterocycles. The van der Waals surface area contributed by atoms with E-state index < -0.39 is 11.6 Å². The van der Waals surface area contributed by atoms with E-state index in [1.807, 2.05) is 19.1 Å². The molecular weight excluding hydrogens is 332 g/mol. The Balaban J connectivity index is 2.24. The molecule has 0 fully saturated rings. The van der Waals surface area contributed by atoms with Gasteiger partial charge in [-0.1, -0.05) is 6.07 Å². The van der Waals surface area contributed by atoms with Crippen LogP contribution >= 0.6 is 27.7 Å². The average Bonchev–Trinajstić information content (AvgIpc) is 2.39. The molecule has 0 radical (unpaired) electrons. The molecule has 0 saturated heterocycles. The monoisotopic (exact) mass is 343 g/mol. The second-order valence-corrected chi connectivity index (χ2v) is 5.95. The Morgan fingerprint density at radius 1 is 1.21 bits per heavy atom. The standard InChI is InChI=1S/C14H12BrF2NS/c1-8-12(18)3-2-4-13(8)19-7-9-11(16)6-5-10(15)14(9)17/h2-6H,7,18H2,1H3. The number of benzene rings is 2. The maximum atomic E-state index is 13.8. The SMILES string of the molecule is Cc1c(N)cccc1SCc1c(F)ccc(Br)c1F. The zero-order valence-electron chi connectivity index (χ0n) is 10.2. The summed E-state index contributed by atoms with van der Waals surface area (Å²) in [6.07, 6.45) is 0. The quantitative estimate of drug-likeness (QED) is 0.486. The highest BCUT2D eigenvalue weighted by molar-refractivity contribution is 9.10. The van der Waals surface area contributed by atoms with Gasteiger partial charge in [0.1, 0.15) is 11.6 Å². The van der Waals surface area contributed by atoms with Crippen molar-refractivity contribution in [3.05, 3.63) is 57.6 Å². The Bertz CT molecular complexity index is 617. The Hall–Kier alpha value is -1.07. The van der Waals surface area contributed by atoms with Crippen molar-refractivity contribution in [1.82, 2.24) is 0 Å². The summed E-state index contributed by atoms with van der Waals surface area (Å²) >= 11 is 4.43. The van der Waals surface area contributed by atoms with Crippen LogP contribution in [0.3, 0.4) is 0 Å². The Morgan fingerprint density at radius 2 is 1.95 bits per heavy atom. The predicted molar refractivity (Wildman–Crippen MR) is 79.2 cm³/mol. The maximum absolute atomic E-state index is 13.8. The number of anilines is 1. The number of nitrogens with two attached hydrogens (primary N) is 1. The molecule has 0 saturated carbocycles. The van der Waals surface area contributed by atoms with E-state index in [9.17, 15) is 8.78 Å². The van der Waals surface area contributed by atoms with E-state index in [1.54, 1.807) is 6.07 Å². The molecule has 2 aromatic rings. The molecule has 5 heteroatoms. The topological polar surface area (TPSA) is 26.0 Å². The minimum atomic E-state index is -0.547. The molecule has 100 valence electrons. The second kappa shape index (κ2) is 5.92. The fourth-order valence-corrected chi connectivity index (χ4v) is 3.08. The van der Waals surface area contributed by atoms with Crippen LogP contribution in [-0.2, 0) is 5.75 Å². The van der Waals surface area contributed by atoms with Gasteiger partial charge in [0.25, 0.3) is 0 Å². The molecule has 2 N–H and O–H groups in total. The van der Waals surface area contributed by atoms with Gasteiger partial charge < -0.3 is 5.73 Å².